The van der Waals surface area contributed by atoms with Crippen molar-refractivity contribution in [3.63, 3.8) is 0 Å². The summed E-state index contributed by atoms with van der Waals surface area (Å²) in [5.74, 6) is 0.449. The van der Waals surface area contributed by atoms with Crippen molar-refractivity contribution in [3.8, 4) is 0 Å². The highest BCUT2D eigenvalue weighted by Gasteiger charge is 2.23. The van der Waals surface area contributed by atoms with Gasteiger partial charge in [0.2, 0.25) is 0 Å². The van der Waals surface area contributed by atoms with Crippen LogP contribution in [0.15, 0.2) is 11.1 Å². The first kappa shape index (κ1) is 10.2. The van der Waals surface area contributed by atoms with Crippen LogP contribution in [0.3, 0.4) is 0 Å². The van der Waals surface area contributed by atoms with Gasteiger partial charge in [0.15, 0.2) is 0 Å². The Morgan fingerprint density at radius 1 is 1.75 bits per heavy atom. The van der Waals surface area contributed by atoms with Crippen LogP contribution in [0.1, 0.15) is 13.3 Å². The van der Waals surface area contributed by atoms with Gasteiger partial charge in [-0.3, -0.25) is 4.90 Å². The van der Waals surface area contributed by atoms with Crippen LogP contribution in [0.25, 0.3) is 0 Å². The molecule has 12 heavy (non-hydrogen) atoms. The minimum Gasteiger partial charge on any atom is -0.392 e. The number of rotatable bonds is 2. The van der Waals surface area contributed by atoms with Crippen LogP contribution in [-0.2, 0) is 0 Å². The number of halogens is 1. The number of β-amino-alcohol motifs (C(OH)–C–C–N with tert-alkyl or cyclic N) is 1. The average Bonchev–Trinajstić information content (AvgIpc) is 1.96. The van der Waals surface area contributed by atoms with Crippen molar-refractivity contribution in [2.24, 2.45) is 5.92 Å². The smallest absolute Gasteiger partial charge is 0.0693 e. The molecule has 0 aliphatic carbocycles. The molecule has 1 N–H and O–H groups in total. The fraction of sp³-hybridized carbons (Fsp3) is 0.778. The van der Waals surface area contributed by atoms with E-state index >= 15 is 0 Å². The van der Waals surface area contributed by atoms with Gasteiger partial charge in [-0.05, 0) is 18.9 Å². The highest BCUT2D eigenvalue weighted by atomic mass is 79.9. The molecule has 0 aromatic heterocycles. The van der Waals surface area contributed by atoms with Gasteiger partial charge >= 0.3 is 0 Å². The Hall–Kier alpha value is 0.140. The van der Waals surface area contributed by atoms with E-state index in [9.17, 15) is 5.11 Å². The molecule has 2 unspecified atom stereocenters. The third kappa shape index (κ3) is 2.88. The first-order valence-electron chi connectivity index (χ1n) is 4.33. The van der Waals surface area contributed by atoms with Crippen LogP contribution < -0.4 is 0 Å². The summed E-state index contributed by atoms with van der Waals surface area (Å²) in [4.78, 5) is 2.22. The summed E-state index contributed by atoms with van der Waals surface area (Å²) in [6.07, 6.45) is 0.923. The van der Waals surface area contributed by atoms with Gasteiger partial charge < -0.3 is 5.11 Å². The molecule has 1 saturated heterocycles. The lowest BCUT2D eigenvalue weighted by Gasteiger charge is -2.33. The van der Waals surface area contributed by atoms with Gasteiger partial charge in [-0.1, -0.05) is 29.4 Å². The van der Waals surface area contributed by atoms with Gasteiger partial charge in [0.05, 0.1) is 6.10 Å². The molecule has 0 radical (unpaired) electrons. The predicted molar refractivity (Wildman–Crippen MR) is 54.3 cm³/mol. The molecule has 0 bridgehead atoms. The summed E-state index contributed by atoms with van der Waals surface area (Å²) < 4.78 is 0.990. The minimum atomic E-state index is -0.161. The fourth-order valence-corrected chi connectivity index (χ4v) is 1.86. The van der Waals surface area contributed by atoms with E-state index in [1.165, 1.54) is 0 Å². The molecule has 0 saturated carbocycles. The molecule has 70 valence electrons. The van der Waals surface area contributed by atoms with E-state index in [1.54, 1.807) is 0 Å². The number of hydrogen-bond donors (Lipinski definition) is 1. The molecule has 1 aliphatic heterocycles. The number of nitrogens with zero attached hydrogens (tertiary/aromatic N) is 1. The molecule has 0 amide bonds. The highest BCUT2D eigenvalue weighted by Crippen LogP contribution is 2.18. The standard InChI is InChI=1S/C9H16BrNO/c1-7-3-4-11(5-8(2)10)6-9(7)12/h7,9,12H,2-6H2,1H3. The van der Waals surface area contributed by atoms with E-state index in [0.29, 0.717) is 5.92 Å². The zero-order valence-corrected chi connectivity index (χ0v) is 9.05. The molecular weight excluding hydrogens is 218 g/mol. The van der Waals surface area contributed by atoms with Crippen LogP contribution in [0.5, 0.6) is 0 Å². The SMILES string of the molecule is C=C(Br)CN1CCC(C)C(O)C1. The number of aliphatic hydroxyl groups is 1. The second kappa shape index (κ2) is 4.40. The van der Waals surface area contributed by atoms with Crippen molar-refractivity contribution in [1.29, 1.82) is 0 Å². The molecule has 1 heterocycles. The Labute approximate surface area is 82.4 Å². The first-order chi connectivity index (χ1) is 5.59. The molecule has 2 atom stereocenters. The van der Waals surface area contributed by atoms with Gasteiger partial charge in [0.25, 0.3) is 0 Å². The second-order valence-electron chi connectivity index (χ2n) is 3.59. The Morgan fingerprint density at radius 3 is 2.92 bits per heavy atom. The Morgan fingerprint density at radius 2 is 2.42 bits per heavy atom. The van der Waals surface area contributed by atoms with Crippen LogP contribution in [0, 0.1) is 5.92 Å². The number of aliphatic hydroxyl groups excluding tert-OH is 1. The second-order valence-corrected chi connectivity index (χ2v) is 4.71. The normalized spacial score (nSPS) is 31.9. The monoisotopic (exact) mass is 233 g/mol. The topological polar surface area (TPSA) is 23.5 Å². The van der Waals surface area contributed by atoms with Crippen molar-refractivity contribution in [1.82, 2.24) is 4.90 Å². The van der Waals surface area contributed by atoms with Crippen LogP contribution in [0.2, 0.25) is 0 Å². The third-order valence-electron chi connectivity index (χ3n) is 2.40. The van der Waals surface area contributed by atoms with E-state index in [1.807, 2.05) is 0 Å². The zero-order valence-electron chi connectivity index (χ0n) is 7.46. The molecule has 1 fully saturated rings. The van der Waals surface area contributed by atoms with Gasteiger partial charge in [-0.15, -0.1) is 0 Å². The van der Waals surface area contributed by atoms with Gasteiger partial charge in [0.1, 0.15) is 0 Å². The largest absolute Gasteiger partial charge is 0.392 e. The van der Waals surface area contributed by atoms with Gasteiger partial charge in [-0.25, -0.2) is 0 Å². The molecule has 1 rings (SSSR count). The van der Waals surface area contributed by atoms with Gasteiger partial charge in [0, 0.05) is 17.6 Å². The highest BCUT2D eigenvalue weighted by molar-refractivity contribution is 9.11. The predicted octanol–water partition coefficient (Wildman–Crippen LogP) is 1.60. The van der Waals surface area contributed by atoms with E-state index in [4.69, 9.17) is 0 Å². The molecule has 0 aromatic carbocycles. The van der Waals surface area contributed by atoms with E-state index in [2.05, 4.69) is 34.3 Å². The average molecular weight is 234 g/mol. The number of hydrogen-bond acceptors (Lipinski definition) is 2. The maximum Gasteiger partial charge on any atom is 0.0693 e. The van der Waals surface area contributed by atoms with E-state index in [-0.39, 0.29) is 6.10 Å². The van der Waals surface area contributed by atoms with Crippen molar-refractivity contribution in [3.05, 3.63) is 11.1 Å². The van der Waals surface area contributed by atoms with E-state index < -0.39 is 0 Å². The summed E-state index contributed by atoms with van der Waals surface area (Å²) in [5.41, 5.74) is 0. The Kier molecular flexibility index (Phi) is 3.75. The summed E-state index contributed by atoms with van der Waals surface area (Å²) in [6, 6.07) is 0. The third-order valence-corrected chi connectivity index (χ3v) is 2.65. The van der Waals surface area contributed by atoms with Crippen molar-refractivity contribution in [2.75, 3.05) is 19.6 Å². The lowest BCUT2D eigenvalue weighted by Crippen LogP contribution is -2.43. The fourth-order valence-electron chi connectivity index (χ4n) is 1.50. The van der Waals surface area contributed by atoms with Gasteiger partial charge in [-0.2, -0.15) is 0 Å². The quantitative estimate of drug-likeness (QED) is 0.784. The Bertz CT molecular complexity index is 172. The summed E-state index contributed by atoms with van der Waals surface area (Å²) in [5, 5.41) is 9.57. The first-order valence-corrected chi connectivity index (χ1v) is 5.12. The summed E-state index contributed by atoms with van der Waals surface area (Å²) in [7, 11) is 0. The molecule has 0 aromatic rings. The molecule has 0 spiro atoms. The van der Waals surface area contributed by atoms with Crippen molar-refractivity contribution >= 4 is 15.9 Å². The summed E-state index contributed by atoms with van der Waals surface area (Å²) in [6.45, 7) is 8.60. The lowest BCUT2D eigenvalue weighted by atomic mass is 9.96. The maximum absolute atomic E-state index is 9.57. The summed E-state index contributed by atoms with van der Waals surface area (Å²) >= 11 is 3.33. The lowest BCUT2D eigenvalue weighted by molar-refractivity contribution is 0.0340. The maximum atomic E-state index is 9.57. The van der Waals surface area contributed by atoms with Crippen LogP contribution in [-0.4, -0.2) is 35.7 Å². The number of likely N-dealkylation sites (tertiary alicyclic amines) is 1. The molecular formula is C9H16BrNO. The van der Waals surface area contributed by atoms with Crippen molar-refractivity contribution < 1.29 is 5.11 Å². The van der Waals surface area contributed by atoms with Crippen LogP contribution in [0.4, 0.5) is 0 Å². The van der Waals surface area contributed by atoms with E-state index in [0.717, 1.165) is 30.5 Å². The Balaban J connectivity index is 2.35. The minimum absolute atomic E-state index is 0.161. The molecule has 2 nitrogen and oxygen atoms in total. The van der Waals surface area contributed by atoms with Crippen LogP contribution >= 0.6 is 15.9 Å². The number of piperidine rings is 1. The van der Waals surface area contributed by atoms with Crippen molar-refractivity contribution in [2.45, 2.75) is 19.4 Å². The molecule has 1 aliphatic rings. The molecule has 3 heteroatoms. The zero-order chi connectivity index (χ0) is 9.14.